The van der Waals surface area contributed by atoms with Crippen molar-refractivity contribution in [2.75, 3.05) is 19.8 Å². The number of hydrogen-bond donors (Lipinski definition) is 4. The van der Waals surface area contributed by atoms with E-state index in [0.29, 0.717) is 11.1 Å². The lowest BCUT2D eigenvalue weighted by Gasteiger charge is -2.21. The molecule has 0 aliphatic heterocycles. The normalized spacial score (nSPS) is 12.9. The second-order valence-electron chi connectivity index (χ2n) is 7.85. The van der Waals surface area contributed by atoms with Crippen molar-refractivity contribution in [1.82, 2.24) is 5.32 Å². The maximum atomic E-state index is 10.5. The third kappa shape index (κ3) is 10.5. The van der Waals surface area contributed by atoms with Crippen LogP contribution in [0.5, 0.6) is 5.75 Å². The summed E-state index contributed by atoms with van der Waals surface area (Å²) in [5, 5.41) is 32.7. The Balaban J connectivity index is 0.00000480. The van der Waals surface area contributed by atoms with Crippen molar-refractivity contribution in [3.8, 4) is 5.75 Å². The Hall–Kier alpha value is -1.63. The van der Waals surface area contributed by atoms with E-state index in [1.807, 2.05) is 13.0 Å². The summed E-state index contributed by atoms with van der Waals surface area (Å²) < 4.78 is 5.72. The average molecular weight is 452 g/mol. The smallest absolute Gasteiger partial charge is 0.121 e. The highest BCUT2D eigenvalue weighted by molar-refractivity contribution is 5.85. The van der Waals surface area contributed by atoms with Crippen LogP contribution in [0.1, 0.15) is 61.8 Å². The number of aromatic hydroxyl groups is 1. The molecule has 0 amide bonds. The number of rotatable bonds is 15. The van der Waals surface area contributed by atoms with Crippen molar-refractivity contribution >= 4 is 12.4 Å². The molecule has 0 aromatic heterocycles. The molecule has 6 heteroatoms. The van der Waals surface area contributed by atoms with Gasteiger partial charge < -0.3 is 25.4 Å². The van der Waals surface area contributed by atoms with Gasteiger partial charge in [0.2, 0.25) is 0 Å². The lowest BCUT2D eigenvalue weighted by Crippen LogP contribution is -2.33. The van der Waals surface area contributed by atoms with Gasteiger partial charge in [-0.05, 0) is 62.4 Å². The van der Waals surface area contributed by atoms with Crippen LogP contribution in [-0.2, 0) is 17.8 Å². The number of hydrogen-bond acceptors (Lipinski definition) is 5. The van der Waals surface area contributed by atoms with E-state index in [1.165, 1.54) is 11.6 Å². The van der Waals surface area contributed by atoms with Gasteiger partial charge in [-0.15, -0.1) is 12.4 Å². The van der Waals surface area contributed by atoms with E-state index < -0.39 is 6.10 Å². The van der Waals surface area contributed by atoms with Gasteiger partial charge in [0.05, 0.1) is 12.7 Å². The third-order valence-corrected chi connectivity index (χ3v) is 5.37. The number of nitrogens with one attached hydrogen (secondary N) is 1. The zero-order valence-electron chi connectivity index (χ0n) is 18.5. The Morgan fingerprint density at radius 2 is 1.65 bits per heavy atom. The quantitative estimate of drug-likeness (QED) is 0.299. The van der Waals surface area contributed by atoms with Gasteiger partial charge >= 0.3 is 0 Å². The van der Waals surface area contributed by atoms with Gasteiger partial charge in [0, 0.05) is 24.8 Å². The van der Waals surface area contributed by atoms with E-state index in [-0.39, 0.29) is 30.8 Å². The topological polar surface area (TPSA) is 82.0 Å². The first-order valence-electron chi connectivity index (χ1n) is 11.1. The van der Waals surface area contributed by atoms with Crippen molar-refractivity contribution in [2.24, 2.45) is 0 Å². The molecule has 0 heterocycles. The van der Waals surface area contributed by atoms with E-state index in [0.717, 1.165) is 58.3 Å². The molecule has 0 aliphatic carbocycles. The van der Waals surface area contributed by atoms with Gasteiger partial charge in [-0.3, -0.25) is 0 Å². The fraction of sp³-hybridized carbons (Fsp3) is 0.520. The second kappa shape index (κ2) is 16.1. The summed E-state index contributed by atoms with van der Waals surface area (Å²) in [7, 11) is 0. The molecule has 5 nitrogen and oxygen atoms in total. The Labute approximate surface area is 192 Å². The van der Waals surface area contributed by atoms with Crippen molar-refractivity contribution in [1.29, 1.82) is 0 Å². The highest BCUT2D eigenvalue weighted by Gasteiger charge is 2.17. The van der Waals surface area contributed by atoms with E-state index in [2.05, 4.69) is 29.6 Å². The average Bonchev–Trinajstić information content (AvgIpc) is 2.77. The molecule has 0 bridgehead atoms. The minimum absolute atomic E-state index is 0. The zero-order valence-corrected chi connectivity index (χ0v) is 19.3. The van der Waals surface area contributed by atoms with Crippen LogP contribution >= 0.6 is 12.4 Å². The van der Waals surface area contributed by atoms with E-state index >= 15 is 0 Å². The summed E-state index contributed by atoms with van der Waals surface area (Å²) in [5.74, 6) is 0.0502. The van der Waals surface area contributed by atoms with Crippen molar-refractivity contribution in [2.45, 2.75) is 64.2 Å². The number of phenols is 1. The summed E-state index contributed by atoms with van der Waals surface area (Å²) in [6, 6.07) is 15.3. The monoisotopic (exact) mass is 451 g/mol. The summed E-state index contributed by atoms with van der Waals surface area (Å²) in [5.41, 5.74) is 2.49. The minimum Gasteiger partial charge on any atom is -0.508 e. The molecule has 2 unspecified atom stereocenters. The number of halogens is 1. The van der Waals surface area contributed by atoms with Gasteiger partial charge in [-0.2, -0.15) is 0 Å². The van der Waals surface area contributed by atoms with Gasteiger partial charge in [0.15, 0.2) is 0 Å². The number of aryl methyl sites for hydroxylation is 1. The van der Waals surface area contributed by atoms with Crippen LogP contribution in [0.2, 0.25) is 0 Å². The standard InChI is InChI=1S/C25H37NO4.ClH/c1-20(25(29)22-13-14-24(28)23(18-22)19-27)26-15-7-2-3-8-16-30-17-9-12-21-10-5-4-6-11-21;/h4-6,10-11,13-14,18,20,25-29H,2-3,7-9,12,15-17,19H2,1H3;1H. The van der Waals surface area contributed by atoms with Crippen LogP contribution in [0.3, 0.4) is 0 Å². The van der Waals surface area contributed by atoms with Crippen LogP contribution in [0, 0.1) is 0 Å². The number of aliphatic hydroxyl groups excluding tert-OH is 2. The van der Waals surface area contributed by atoms with Crippen molar-refractivity contribution < 1.29 is 20.1 Å². The molecule has 4 N–H and O–H groups in total. The summed E-state index contributed by atoms with van der Waals surface area (Å²) in [6.45, 7) is 4.19. The van der Waals surface area contributed by atoms with Gasteiger partial charge in [-0.1, -0.05) is 49.2 Å². The second-order valence-corrected chi connectivity index (χ2v) is 7.85. The molecule has 31 heavy (non-hydrogen) atoms. The van der Waals surface area contributed by atoms with Crippen LogP contribution in [-0.4, -0.2) is 41.1 Å². The van der Waals surface area contributed by atoms with E-state index in [4.69, 9.17) is 4.74 Å². The summed E-state index contributed by atoms with van der Waals surface area (Å²) in [6.07, 6.45) is 5.88. The summed E-state index contributed by atoms with van der Waals surface area (Å²) in [4.78, 5) is 0. The molecular formula is C25H38ClNO4. The lowest BCUT2D eigenvalue weighted by molar-refractivity contribution is 0.127. The van der Waals surface area contributed by atoms with E-state index in [1.54, 1.807) is 12.1 Å². The molecule has 0 aliphatic rings. The maximum absolute atomic E-state index is 10.5. The molecule has 174 valence electrons. The predicted octanol–water partition coefficient (Wildman–Crippen LogP) is 4.53. The van der Waals surface area contributed by atoms with Gasteiger partial charge in [-0.25, -0.2) is 0 Å². The Morgan fingerprint density at radius 3 is 2.39 bits per heavy atom. The van der Waals surface area contributed by atoms with Gasteiger partial charge in [0.25, 0.3) is 0 Å². The van der Waals surface area contributed by atoms with Crippen LogP contribution < -0.4 is 5.32 Å². The summed E-state index contributed by atoms with van der Waals surface area (Å²) >= 11 is 0. The molecule has 0 radical (unpaired) electrons. The first kappa shape index (κ1) is 27.4. The number of aliphatic hydroxyl groups is 2. The molecule has 0 saturated carbocycles. The number of unbranched alkanes of at least 4 members (excludes halogenated alkanes) is 3. The molecule has 2 rings (SSSR count). The third-order valence-electron chi connectivity index (χ3n) is 5.37. The predicted molar refractivity (Wildman–Crippen MR) is 128 cm³/mol. The van der Waals surface area contributed by atoms with Crippen molar-refractivity contribution in [3.05, 3.63) is 65.2 Å². The molecular weight excluding hydrogens is 414 g/mol. The highest BCUT2D eigenvalue weighted by atomic mass is 35.5. The molecule has 0 spiro atoms. The van der Waals surface area contributed by atoms with Crippen LogP contribution in [0.25, 0.3) is 0 Å². The lowest BCUT2D eigenvalue weighted by atomic mass is 10.0. The first-order chi connectivity index (χ1) is 14.6. The van der Waals surface area contributed by atoms with E-state index in [9.17, 15) is 15.3 Å². The zero-order chi connectivity index (χ0) is 21.6. The molecule has 2 aromatic rings. The Bertz CT molecular complexity index is 714. The van der Waals surface area contributed by atoms with Gasteiger partial charge in [0.1, 0.15) is 5.75 Å². The number of benzene rings is 2. The minimum atomic E-state index is -0.680. The SMILES string of the molecule is CC(NCCCCCCOCCCc1ccccc1)C(O)c1ccc(O)c(CO)c1.Cl. The molecule has 2 atom stereocenters. The molecule has 2 aromatic carbocycles. The molecule has 0 saturated heterocycles. The highest BCUT2D eigenvalue weighted by Crippen LogP contribution is 2.24. The number of ether oxygens (including phenoxy) is 1. The Kier molecular flexibility index (Phi) is 14.2. The van der Waals surface area contributed by atoms with Crippen LogP contribution in [0.4, 0.5) is 0 Å². The van der Waals surface area contributed by atoms with Crippen LogP contribution in [0.15, 0.2) is 48.5 Å². The maximum Gasteiger partial charge on any atom is 0.121 e. The first-order valence-corrected chi connectivity index (χ1v) is 11.1. The largest absolute Gasteiger partial charge is 0.508 e. The molecule has 0 fully saturated rings. The fourth-order valence-electron chi connectivity index (χ4n) is 3.45. The Morgan fingerprint density at radius 1 is 0.935 bits per heavy atom. The fourth-order valence-corrected chi connectivity index (χ4v) is 3.45. The van der Waals surface area contributed by atoms with Crippen molar-refractivity contribution in [3.63, 3.8) is 0 Å².